The van der Waals surface area contributed by atoms with E-state index in [1.807, 2.05) is 30.3 Å². The van der Waals surface area contributed by atoms with Crippen molar-refractivity contribution in [1.29, 1.82) is 5.41 Å². The Labute approximate surface area is 199 Å². The van der Waals surface area contributed by atoms with Crippen LogP contribution in [0.1, 0.15) is 23.9 Å². The quantitative estimate of drug-likeness (QED) is 0.174. The molecule has 174 valence electrons. The van der Waals surface area contributed by atoms with Crippen molar-refractivity contribution in [3.05, 3.63) is 81.2 Å². The molecule has 1 atom stereocenters. The van der Waals surface area contributed by atoms with Gasteiger partial charge >= 0.3 is 0 Å². The number of halogens is 1. The first-order valence-electron chi connectivity index (χ1n) is 10.3. The minimum Gasteiger partial charge on any atom is -0.487 e. The maximum absolute atomic E-state index is 12.6. The summed E-state index contributed by atoms with van der Waals surface area (Å²) in [7, 11) is 1.56. The van der Waals surface area contributed by atoms with Crippen molar-refractivity contribution in [2.45, 2.75) is 19.3 Å². The molecule has 2 aromatic carbocycles. The Morgan fingerprint density at radius 1 is 1.29 bits per heavy atom. The molecular formula is C23H22ClN7O3. The predicted molar refractivity (Wildman–Crippen MR) is 130 cm³/mol. The normalized spacial score (nSPS) is 12.5. The Bertz CT molecular complexity index is 1400. The fourth-order valence-corrected chi connectivity index (χ4v) is 3.60. The molecule has 0 fully saturated rings. The summed E-state index contributed by atoms with van der Waals surface area (Å²) < 4.78 is 7.14. The molecule has 34 heavy (non-hydrogen) atoms. The molecular weight excluding hydrogens is 458 g/mol. The topological polar surface area (TPSA) is 141 Å². The van der Waals surface area contributed by atoms with Gasteiger partial charge in [-0.15, -0.1) is 0 Å². The predicted octanol–water partition coefficient (Wildman–Crippen LogP) is 2.97. The number of nitrogens with one attached hydrogen (secondary N) is 3. The van der Waals surface area contributed by atoms with Gasteiger partial charge in [-0.25, -0.2) is 4.98 Å². The Hall–Kier alpha value is -4.02. The number of aromatic amines is 1. The fourth-order valence-electron chi connectivity index (χ4n) is 3.33. The van der Waals surface area contributed by atoms with E-state index in [2.05, 4.69) is 25.4 Å². The first-order valence-corrected chi connectivity index (χ1v) is 10.7. The zero-order valence-electron chi connectivity index (χ0n) is 18.2. The number of amidine groups is 1. The van der Waals surface area contributed by atoms with Gasteiger partial charge in [-0.2, -0.15) is 9.50 Å². The van der Waals surface area contributed by atoms with Crippen molar-refractivity contribution in [1.82, 2.24) is 24.9 Å². The average molecular weight is 480 g/mol. The molecule has 0 aliphatic heterocycles. The Morgan fingerprint density at radius 2 is 2.09 bits per heavy atom. The maximum Gasteiger partial charge on any atom is 0.274 e. The van der Waals surface area contributed by atoms with E-state index in [-0.39, 0.29) is 29.4 Å². The Balaban J connectivity index is 1.58. The first kappa shape index (κ1) is 23.1. The molecule has 4 rings (SSSR count). The van der Waals surface area contributed by atoms with Crippen LogP contribution in [0.25, 0.3) is 17.2 Å². The highest BCUT2D eigenvalue weighted by Crippen LogP contribution is 2.31. The second-order valence-corrected chi connectivity index (χ2v) is 7.63. The van der Waals surface area contributed by atoms with E-state index in [4.69, 9.17) is 21.7 Å². The molecule has 0 amide bonds. The molecule has 2 aromatic heterocycles. The smallest absolute Gasteiger partial charge is 0.274 e. The number of fused-ring (bicyclic) bond motifs is 1. The van der Waals surface area contributed by atoms with Gasteiger partial charge in [0.1, 0.15) is 18.2 Å². The third-order valence-electron chi connectivity index (χ3n) is 4.96. The van der Waals surface area contributed by atoms with Crippen LogP contribution in [0, 0.1) is 5.41 Å². The summed E-state index contributed by atoms with van der Waals surface area (Å²) in [4.78, 5) is 25.4. The highest BCUT2D eigenvalue weighted by Gasteiger charge is 2.19. The highest BCUT2D eigenvalue weighted by atomic mass is 35.5. The number of rotatable bonds is 8. The number of aromatic nitrogens is 4. The van der Waals surface area contributed by atoms with Gasteiger partial charge in [-0.05, 0) is 12.1 Å². The van der Waals surface area contributed by atoms with Crippen LogP contribution >= 0.6 is 11.6 Å². The lowest BCUT2D eigenvalue weighted by molar-refractivity contribution is 0.155. The number of hydrogen-bond acceptors (Lipinski definition) is 7. The zero-order chi connectivity index (χ0) is 24.1. The molecule has 0 aliphatic rings. The average Bonchev–Trinajstić information content (AvgIpc) is 3.28. The number of hydrogen-bond donors (Lipinski definition) is 4. The number of H-pyrrole nitrogens is 1. The molecule has 0 radical (unpaired) electrons. The molecule has 2 heterocycles. The van der Waals surface area contributed by atoms with Crippen molar-refractivity contribution in [3.63, 3.8) is 0 Å². The Kier molecular flexibility index (Phi) is 7.00. The van der Waals surface area contributed by atoms with E-state index in [9.17, 15) is 9.90 Å². The minimum absolute atomic E-state index is 0.0471. The fraction of sp³-hybridized carbons (Fsp3) is 0.174. The van der Waals surface area contributed by atoms with Gasteiger partial charge < -0.3 is 20.6 Å². The summed E-state index contributed by atoms with van der Waals surface area (Å²) >= 11 is 6.33. The molecule has 4 N–H and O–H groups in total. The number of aliphatic hydroxyl groups excluding tert-OH is 1. The molecule has 11 heteroatoms. The summed E-state index contributed by atoms with van der Waals surface area (Å²) in [5.41, 5.74) is 1.17. The molecule has 0 saturated carbocycles. The molecule has 1 unspecified atom stereocenters. The Morgan fingerprint density at radius 3 is 2.82 bits per heavy atom. The van der Waals surface area contributed by atoms with Crippen molar-refractivity contribution in [3.8, 4) is 17.1 Å². The minimum atomic E-state index is -1.22. The second kappa shape index (κ2) is 10.3. The molecule has 4 aromatic rings. The van der Waals surface area contributed by atoms with E-state index in [0.29, 0.717) is 28.7 Å². The summed E-state index contributed by atoms with van der Waals surface area (Å²) in [6, 6.07) is 15.7. The van der Waals surface area contributed by atoms with Gasteiger partial charge in [0.15, 0.2) is 12.1 Å². The van der Waals surface area contributed by atoms with Crippen LogP contribution < -0.4 is 15.6 Å². The summed E-state index contributed by atoms with van der Waals surface area (Å²) in [6.07, 6.45) is 0.185. The van der Waals surface area contributed by atoms with Gasteiger partial charge in [0.25, 0.3) is 11.3 Å². The molecule has 0 spiro atoms. The van der Waals surface area contributed by atoms with Crippen LogP contribution in [0.3, 0.4) is 0 Å². The standard InChI is InChI=1S/C23H22ClN7O3/c1-26-18(10-11-25)28-22(33)20-16(24)8-5-9-17(20)34-13-15-12-19(32)31-23(27-15)29-21(30-31)14-6-3-2-4-7-14/h2-9,11-12,22,25,33H,10,13H2,1H3,(H,26,28)(H,27,29,30). The summed E-state index contributed by atoms with van der Waals surface area (Å²) in [5.74, 6) is 1.47. The third kappa shape index (κ3) is 4.98. The lowest BCUT2D eigenvalue weighted by atomic mass is 10.1. The largest absolute Gasteiger partial charge is 0.487 e. The third-order valence-corrected chi connectivity index (χ3v) is 5.29. The van der Waals surface area contributed by atoms with E-state index >= 15 is 0 Å². The second-order valence-electron chi connectivity index (χ2n) is 7.23. The van der Waals surface area contributed by atoms with E-state index < -0.39 is 6.23 Å². The monoisotopic (exact) mass is 479 g/mol. The van der Waals surface area contributed by atoms with Gasteiger partial charge in [0, 0.05) is 31.3 Å². The van der Waals surface area contributed by atoms with Crippen molar-refractivity contribution in [2.24, 2.45) is 4.99 Å². The summed E-state index contributed by atoms with van der Waals surface area (Å²) in [6.45, 7) is -0.0471. The van der Waals surface area contributed by atoms with Crippen LogP contribution in [-0.4, -0.2) is 43.8 Å². The van der Waals surface area contributed by atoms with E-state index in [0.717, 1.165) is 5.56 Å². The number of aliphatic hydroxyl groups is 1. The summed E-state index contributed by atoms with van der Waals surface area (Å²) in [5, 5.41) is 24.0. The van der Waals surface area contributed by atoms with Crippen LogP contribution in [0.15, 0.2) is 64.4 Å². The van der Waals surface area contributed by atoms with Crippen LogP contribution in [0.4, 0.5) is 0 Å². The number of aliphatic imine (C=N–C) groups is 1. The number of nitrogens with zero attached hydrogens (tertiary/aromatic N) is 4. The molecule has 10 nitrogen and oxygen atoms in total. The highest BCUT2D eigenvalue weighted by molar-refractivity contribution is 6.31. The van der Waals surface area contributed by atoms with Gasteiger partial charge in [0.05, 0.1) is 16.3 Å². The molecule has 0 aliphatic carbocycles. The lowest BCUT2D eigenvalue weighted by Crippen LogP contribution is -2.29. The molecule has 0 saturated heterocycles. The number of benzene rings is 2. The van der Waals surface area contributed by atoms with Gasteiger partial charge in [-0.1, -0.05) is 48.0 Å². The van der Waals surface area contributed by atoms with Gasteiger partial charge in [-0.3, -0.25) is 14.9 Å². The molecule has 0 bridgehead atoms. The van der Waals surface area contributed by atoms with Crippen LogP contribution in [0.2, 0.25) is 5.02 Å². The van der Waals surface area contributed by atoms with Crippen molar-refractivity contribution >= 4 is 29.4 Å². The number of ether oxygens (including phenoxy) is 1. The van der Waals surface area contributed by atoms with E-state index in [1.54, 1.807) is 25.2 Å². The van der Waals surface area contributed by atoms with Crippen molar-refractivity contribution < 1.29 is 9.84 Å². The van der Waals surface area contributed by atoms with E-state index in [1.165, 1.54) is 16.8 Å². The lowest BCUT2D eigenvalue weighted by Gasteiger charge is -2.20. The first-order chi connectivity index (χ1) is 16.5. The zero-order valence-corrected chi connectivity index (χ0v) is 19.0. The van der Waals surface area contributed by atoms with Gasteiger partial charge in [0.2, 0.25) is 0 Å². The maximum atomic E-state index is 12.6. The SMILES string of the molecule is CN=C(CC=N)NC(O)c1c(Cl)cccc1OCc1cc(=O)n2[nH]c(-c3ccccc3)nc2n1. The van der Waals surface area contributed by atoms with Crippen LogP contribution in [-0.2, 0) is 6.61 Å². The van der Waals surface area contributed by atoms with Crippen LogP contribution in [0.5, 0.6) is 5.75 Å². The van der Waals surface area contributed by atoms with Crippen molar-refractivity contribution in [2.75, 3.05) is 7.05 Å².